The number of aryl methyl sites for hydroxylation is 2. The fraction of sp³-hybridized carbons (Fsp3) is 0.273. The van der Waals surface area contributed by atoms with E-state index in [0.717, 1.165) is 11.1 Å². The Bertz CT molecular complexity index is 1120. The minimum atomic E-state index is -0.459. The van der Waals surface area contributed by atoms with Gasteiger partial charge in [0, 0.05) is 29.4 Å². The predicted molar refractivity (Wildman–Crippen MR) is 115 cm³/mol. The second kappa shape index (κ2) is 8.89. The lowest BCUT2D eigenvalue weighted by Gasteiger charge is -2.17. The number of hydrogen-bond donors (Lipinski definition) is 0. The molecule has 0 aliphatic rings. The number of aromatic nitrogens is 1. The summed E-state index contributed by atoms with van der Waals surface area (Å²) in [6, 6.07) is 10.7. The summed E-state index contributed by atoms with van der Waals surface area (Å²) in [7, 11) is 1.68. The minimum Gasteiger partial charge on any atom is -0.481 e. The molecule has 0 amide bonds. The van der Waals surface area contributed by atoms with Crippen molar-refractivity contribution >= 4 is 40.1 Å². The highest BCUT2D eigenvalue weighted by Crippen LogP contribution is 2.34. The van der Waals surface area contributed by atoms with E-state index in [9.17, 15) is 9.59 Å². The summed E-state index contributed by atoms with van der Waals surface area (Å²) in [4.78, 5) is 24.8. The van der Waals surface area contributed by atoms with Crippen LogP contribution >= 0.6 is 23.2 Å². The fourth-order valence-corrected chi connectivity index (χ4v) is 3.74. The molecule has 0 atom stereocenters. The van der Waals surface area contributed by atoms with Gasteiger partial charge < -0.3 is 14.0 Å². The maximum Gasteiger partial charge on any atom is 0.344 e. The number of benzene rings is 2. The first-order valence-corrected chi connectivity index (χ1v) is 9.92. The topological polar surface area (TPSA) is 57.5 Å². The Balaban J connectivity index is 2.13. The molecule has 0 saturated heterocycles. The van der Waals surface area contributed by atoms with Gasteiger partial charge in [-0.3, -0.25) is 4.79 Å². The van der Waals surface area contributed by atoms with Crippen molar-refractivity contribution in [2.24, 2.45) is 7.05 Å². The molecule has 5 nitrogen and oxygen atoms in total. The quantitative estimate of drug-likeness (QED) is 0.529. The Kier molecular flexibility index (Phi) is 6.50. The lowest BCUT2D eigenvalue weighted by molar-refractivity contribution is -0.145. The van der Waals surface area contributed by atoms with Gasteiger partial charge in [-0.15, -0.1) is 0 Å². The summed E-state index contributed by atoms with van der Waals surface area (Å²) in [6.45, 7) is 3.66. The minimum absolute atomic E-state index is 0.130. The zero-order chi connectivity index (χ0) is 21.1. The van der Waals surface area contributed by atoms with Crippen LogP contribution in [-0.4, -0.2) is 23.8 Å². The van der Waals surface area contributed by atoms with E-state index in [1.807, 2.05) is 19.1 Å². The number of esters is 1. The molecular formula is C22H21Cl2NO4. The highest BCUT2D eigenvalue weighted by atomic mass is 35.5. The number of nitrogens with zero attached hydrogens (tertiary/aromatic N) is 1. The first-order valence-electron chi connectivity index (χ1n) is 9.17. The summed E-state index contributed by atoms with van der Waals surface area (Å²) >= 11 is 12.4. The van der Waals surface area contributed by atoms with Crippen LogP contribution in [0.2, 0.25) is 10.0 Å². The molecule has 7 heteroatoms. The lowest BCUT2D eigenvalue weighted by Crippen LogP contribution is -2.24. The molecule has 152 valence electrons. The number of rotatable bonds is 6. The standard InChI is InChI=1S/C22H21Cl2NO4/c1-4-28-19(26)12-29-18-10-9-17(24)21-20(18)13(2)16(22(27)25(21)3)11-14-5-7-15(23)8-6-14/h5-10H,4,11-12H2,1-3H3. The van der Waals surface area contributed by atoms with Gasteiger partial charge in [-0.1, -0.05) is 35.3 Å². The lowest BCUT2D eigenvalue weighted by atomic mass is 9.98. The number of pyridine rings is 1. The third kappa shape index (κ3) is 4.41. The van der Waals surface area contributed by atoms with Gasteiger partial charge in [0.1, 0.15) is 5.75 Å². The summed E-state index contributed by atoms with van der Waals surface area (Å²) in [6.07, 6.45) is 0.440. The predicted octanol–water partition coefficient (Wildman–Crippen LogP) is 4.69. The van der Waals surface area contributed by atoms with E-state index in [1.165, 1.54) is 4.57 Å². The van der Waals surface area contributed by atoms with E-state index in [-0.39, 0.29) is 18.8 Å². The van der Waals surface area contributed by atoms with Crippen LogP contribution in [0.3, 0.4) is 0 Å². The van der Waals surface area contributed by atoms with Crippen molar-refractivity contribution in [2.45, 2.75) is 20.3 Å². The summed E-state index contributed by atoms with van der Waals surface area (Å²) < 4.78 is 12.2. The Labute approximate surface area is 178 Å². The Hall–Kier alpha value is -2.50. The first-order chi connectivity index (χ1) is 13.8. The van der Waals surface area contributed by atoms with Crippen molar-refractivity contribution in [3.05, 3.63) is 73.5 Å². The molecule has 0 bridgehead atoms. The second-order valence-electron chi connectivity index (χ2n) is 6.63. The Morgan fingerprint density at radius 2 is 1.79 bits per heavy atom. The monoisotopic (exact) mass is 433 g/mol. The highest BCUT2D eigenvalue weighted by Gasteiger charge is 2.19. The van der Waals surface area contributed by atoms with Gasteiger partial charge in [-0.25, -0.2) is 4.79 Å². The molecule has 0 fully saturated rings. The molecule has 0 radical (unpaired) electrons. The summed E-state index contributed by atoms with van der Waals surface area (Å²) in [5, 5.41) is 1.77. The fourth-order valence-electron chi connectivity index (χ4n) is 3.33. The van der Waals surface area contributed by atoms with E-state index in [2.05, 4.69) is 0 Å². The number of fused-ring (bicyclic) bond motifs is 1. The molecule has 0 unspecified atom stereocenters. The molecule has 1 aromatic heterocycles. The van der Waals surface area contributed by atoms with E-state index < -0.39 is 5.97 Å². The van der Waals surface area contributed by atoms with Crippen LogP contribution in [0.25, 0.3) is 10.9 Å². The van der Waals surface area contributed by atoms with Gasteiger partial charge in [0.2, 0.25) is 0 Å². The molecule has 0 spiro atoms. The molecule has 2 aromatic carbocycles. The van der Waals surface area contributed by atoms with Crippen molar-refractivity contribution in [3.63, 3.8) is 0 Å². The van der Waals surface area contributed by atoms with Gasteiger partial charge in [0.15, 0.2) is 6.61 Å². The molecule has 0 N–H and O–H groups in total. The van der Waals surface area contributed by atoms with Crippen LogP contribution in [0.4, 0.5) is 0 Å². The van der Waals surface area contributed by atoms with E-state index in [4.69, 9.17) is 32.7 Å². The van der Waals surface area contributed by atoms with Gasteiger partial charge in [0.25, 0.3) is 5.56 Å². The van der Waals surface area contributed by atoms with E-state index in [1.54, 1.807) is 38.2 Å². The SMILES string of the molecule is CCOC(=O)COc1ccc(Cl)c2c1c(C)c(Cc1ccc(Cl)cc1)c(=O)n2C. The summed E-state index contributed by atoms with van der Waals surface area (Å²) in [5.41, 5.74) is 2.79. The molecule has 1 heterocycles. The molecule has 0 saturated carbocycles. The van der Waals surface area contributed by atoms with Crippen LogP contribution in [0, 0.1) is 6.92 Å². The Morgan fingerprint density at radius 1 is 1.10 bits per heavy atom. The third-order valence-electron chi connectivity index (χ3n) is 4.76. The molecule has 0 aliphatic heterocycles. The third-order valence-corrected chi connectivity index (χ3v) is 5.32. The van der Waals surface area contributed by atoms with Gasteiger partial charge in [0.05, 0.1) is 17.1 Å². The molecule has 0 aliphatic carbocycles. The summed E-state index contributed by atoms with van der Waals surface area (Å²) in [5.74, 6) is 0.0161. The maximum absolute atomic E-state index is 13.1. The number of carbonyl (C=O) groups excluding carboxylic acids is 1. The first kappa shape index (κ1) is 21.2. The smallest absolute Gasteiger partial charge is 0.344 e. The second-order valence-corrected chi connectivity index (χ2v) is 7.48. The normalized spacial score (nSPS) is 10.9. The van der Waals surface area contributed by atoms with Gasteiger partial charge in [-0.05, 0) is 49.2 Å². The zero-order valence-corrected chi connectivity index (χ0v) is 17.9. The Morgan fingerprint density at radius 3 is 2.45 bits per heavy atom. The van der Waals surface area contributed by atoms with Crippen molar-refractivity contribution in [1.82, 2.24) is 4.57 Å². The van der Waals surface area contributed by atoms with Crippen LogP contribution in [-0.2, 0) is 23.0 Å². The van der Waals surface area contributed by atoms with E-state index in [0.29, 0.717) is 38.7 Å². The number of carbonyl (C=O) groups is 1. The molecule has 3 aromatic rings. The zero-order valence-electron chi connectivity index (χ0n) is 16.4. The largest absolute Gasteiger partial charge is 0.481 e. The molecule has 29 heavy (non-hydrogen) atoms. The highest BCUT2D eigenvalue weighted by molar-refractivity contribution is 6.35. The average molecular weight is 434 g/mol. The molecular weight excluding hydrogens is 413 g/mol. The van der Waals surface area contributed by atoms with Crippen LogP contribution in [0.5, 0.6) is 5.75 Å². The van der Waals surface area contributed by atoms with Crippen molar-refractivity contribution in [1.29, 1.82) is 0 Å². The van der Waals surface area contributed by atoms with E-state index >= 15 is 0 Å². The van der Waals surface area contributed by atoms with Crippen molar-refractivity contribution in [2.75, 3.05) is 13.2 Å². The number of ether oxygens (including phenoxy) is 2. The van der Waals surface area contributed by atoms with Gasteiger partial charge >= 0.3 is 5.97 Å². The average Bonchev–Trinajstić information content (AvgIpc) is 2.70. The van der Waals surface area contributed by atoms with Crippen molar-refractivity contribution in [3.8, 4) is 5.75 Å². The number of halogens is 2. The van der Waals surface area contributed by atoms with Gasteiger partial charge in [-0.2, -0.15) is 0 Å². The van der Waals surface area contributed by atoms with Crippen LogP contribution < -0.4 is 10.3 Å². The molecule has 3 rings (SSSR count). The van der Waals surface area contributed by atoms with Crippen LogP contribution in [0.15, 0.2) is 41.2 Å². The van der Waals surface area contributed by atoms with Crippen LogP contribution in [0.1, 0.15) is 23.6 Å². The maximum atomic E-state index is 13.1. The van der Waals surface area contributed by atoms with Crippen molar-refractivity contribution < 1.29 is 14.3 Å². The number of hydrogen-bond acceptors (Lipinski definition) is 4.